The van der Waals surface area contributed by atoms with Gasteiger partial charge >= 0.3 is 0 Å². The minimum atomic E-state index is -0.391. The van der Waals surface area contributed by atoms with Crippen LogP contribution in [0.2, 0.25) is 0 Å². The molecule has 0 bridgehead atoms. The summed E-state index contributed by atoms with van der Waals surface area (Å²) in [5, 5.41) is 13.7. The normalized spacial score (nSPS) is 10.6. The van der Waals surface area contributed by atoms with Crippen molar-refractivity contribution >= 4 is 34.9 Å². The molecule has 0 aliphatic heterocycles. The van der Waals surface area contributed by atoms with E-state index in [1.165, 1.54) is 36.0 Å². The maximum absolute atomic E-state index is 12.8. The Morgan fingerprint density at radius 2 is 1.88 bits per heavy atom. The lowest BCUT2D eigenvalue weighted by molar-refractivity contribution is -0.122. The van der Waals surface area contributed by atoms with E-state index in [1.54, 1.807) is 4.40 Å². The fraction of sp³-hybridized carbons (Fsp3) is 0.125. The van der Waals surface area contributed by atoms with Gasteiger partial charge in [-0.3, -0.25) is 14.0 Å². The Balaban J connectivity index is 1.44. The number of aromatic nitrogens is 3. The van der Waals surface area contributed by atoms with Crippen molar-refractivity contribution in [3.8, 4) is 0 Å². The van der Waals surface area contributed by atoms with Gasteiger partial charge in [-0.1, -0.05) is 17.8 Å². The Morgan fingerprint density at radius 1 is 1.08 bits per heavy atom. The first-order valence-corrected chi connectivity index (χ1v) is 8.35. The third-order valence-corrected chi connectivity index (χ3v) is 4.13. The van der Waals surface area contributed by atoms with E-state index in [0.717, 1.165) is 0 Å². The maximum Gasteiger partial charge on any atom is 0.243 e. The number of pyridine rings is 1. The van der Waals surface area contributed by atoms with Crippen LogP contribution in [0.5, 0.6) is 0 Å². The predicted octanol–water partition coefficient (Wildman–Crippen LogP) is 1.72. The van der Waals surface area contributed by atoms with E-state index in [2.05, 4.69) is 20.8 Å². The summed E-state index contributed by atoms with van der Waals surface area (Å²) in [5.74, 6) is -0.964. The fourth-order valence-corrected chi connectivity index (χ4v) is 2.77. The maximum atomic E-state index is 12.8. The minimum Gasteiger partial charge on any atom is -0.346 e. The lowest BCUT2D eigenvalue weighted by atomic mass is 10.3. The van der Waals surface area contributed by atoms with Crippen LogP contribution >= 0.6 is 11.8 Å². The van der Waals surface area contributed by atoms with Crippen LogP contribution in [0.25, 0.3) is 5.65 Å². The second kappa shape index (κ2) is 7.75. The van der Waals surface area contributed by atoms with Gasteiger partial charge in [-0.25, -0.2) is 4.39 Å². The number of hydrogen-bond acceptors (Lipinski definition) is 5. The van der Waals surface area contributed by atoms with Gasteiger partial charge in [-0.15, -0.1) is 10.2 Å². The van der Waals surface area contributed by atoms with E-state index in [-0.39, 0.29) is 24.0 Å². The Labute approximate surface area is 146 Å². The van der Waals surface area contributed by atoms with E-state index >= 15 is 0 Å². The standard InChI is InChI=1S/C16H14FN5O2S/c17-11-4-6-12(7-5-11)19-14(23)9-18-15(24)10-25-16-21-20-13-3-1-2-8-22(13)16/h1-8H,9-10H2,(H,18,24)(H,19,23). The molecule has 7 nitrogen and oxygen atoms in total. The molecule has 25 heavy (non-hydrogen) atoms. The second-order valence-corrected chi connectivity index (χ2v) is 5.97. The number of anilines is 1. The molecule has 0 spiro atoms. The SMILES string of the molecule is O=C(CSc1nnc2ccccn12)NCC(=O)Nc1ccc(F)cc1. The summed E-state index contributed by atoms with van der Waals surface area (Å²) < 4.78 is 14.6. The molecule has 2 N–H and O–H groups in total. The average molecular weight is 359 g/mol. The molecule has 0 radical (unpaired) electrons. The lowest BCUT2D eigenvalue weighted by Gasteiger charge is -2.06. The highest BCUT2D eigenvalue weighted by Gasteiger charge is 2.10. The lowest BCUT2D eigenvalue weighted by Crippen LogP contribution is -2.33. The van der Waals surface area contributed by atoms with Crippen molar-refractivity contribution in [3.63, 3.8) is 0 Å². The Morgan fingerprint density at radius 3 is 2.68 bits per heavy atom. The summed E-state index contributed by atoms with van der Waals surface area (Å²) in [5.41, 5.74) is 1.16. The van der Waals surface area contributed by atoms with Gasteiger partial charge in [0.15, 0.2) is 10.8 Å². The first kappa shape index (κ1) is 16.9. The van der Waals surface area contributed by atoms with Gasteiger partial charge in [-0.05, 0) is 36.4 Å². The molecule has 128 valence electrons. The summed E-state index contributed by atoms with van der Waals surface area (Å²) >= 11 is 1.23. The van der Waals surface area contributed by atoms with E-state index in [4.69, 9.17) is 0 Å². The van der Waals surface area contributed by atoms with Gasteiger partial charge in [0, 0.05) is 11.9 Å². The van der Waals surface area contributed by atoms with Crippen LogP contribution in [0.4, 0.5) is 10.1 Å². The molecule has 3 rings (SSSR count). The molecule has 0 saturated heterocycles. The number of fused-ring (bicyclic) bond motifs is 1. The number of amides is 2. The van der Waals surface area contributed by atoms with Crippen LogP contribution in [0, 0.1) is 5.82 Å². The molecule has 3 aromatic rings. The highest BCUT2D eigenvalue weighted by atomic mass is 32.2. The Hall–Kier alpha value is -2.94. The van der Waals surface area contributed by atoms with E-state index in [1.807, 2.05) is 24.4 Å². The van der Waals surface area contributed by atoms with Gasteiger partial charge < -0.3 is 10.6 Å². The van der Waals surface area contributed by atoms with Crippen LogP contribution in [-0.4, -0.2) is 38.7 Å². The highest BCUT2D eigenvalue weighted by molar-refractivity contribution is 7.99. The van der Waals surface area contributed by atoms with Gasteiger partial charge in [0.25, 0.3) is 0 Å². The summed E-state index contributed by atoms with van der Waals surface area (Å²) in [6, 6.07) is 10.9. The summed E-state index contributed by atoms with van der Waals surface area (Å²) in [6.07, 6.45) is 1.81. The number of nitrogens with zero attached hydrogens (tertiary/aromatic N) is 3. The number of hydrogen-bond donors (Lipinski definition) is 2. The number of halogens is 1. The largest absolute Gasteiger partial charge is 0.346 e. The Bertz CT molecular complexity index is 897. The molecule has 0 atom stereocenters. The summed E-state index contributed by atoms with van der Waals surface area (Å²) in [7, 11) is 0. The van der Waals surface area contributed by atoms with Crippen molar-refractivity contribution < 1.29 is 14.0 Å². The molecule has 0 aliphatic carbocycles. The van der Waals surface area contributed by atoms with Crippen LogP contribution in [-0.2, 0) is 9.59 Å². The molecule has 0 unspecified atom stereocenters. The topological polar surface area (TPSA) is 88.4 Å². The smallest absolute Gasteiger partial charge is 0.243 e. The van der Waals surface area contributed by atoms with E-state index in [9.17, 15) is 14.0 Å². The van der Waals surface area contributed by atoms with Crippen LogP contribution < -0.4 is 10.6 Å². The van der Waals surface area contributed by atoms with Crippen LogP contribution in [0.15, 0.2) is 53.8 Å². The number of thioether (sulfide) groups is 1. The van der Waals surface area contributed by atoms with Crippen molar-refractivity contribution in [1.29, 1.82) is 0 Å². The highest BCUT2D eigenvalue weighted by Crippen LogP contribution is 2.16. The van der Waals surface area contributed by atoms with Gasteiger partial charge in [0.2, 0.25) is 11.8 Å². The first-order valence-electron chi connectivity index (χ1n) is 7.36. The number of rotatable bonds is 6. The third-order valence-electron chi connectivity index (χ3n) is 3.19. The fourth-order valence-electron chi connectivity index (χ4n) is 2.02. The molecule has 9 heteroatoms. The molecule has 1 aromatic carbocycles. The minimum absolute atomic E-state index is 0.111. The molecule has 0 fully saturated rings. The van der Waals surface area contributed by atoms with E-state index < -0.39 is 5.91 Å². The van der Waals surface area contributed by atoms with E-state index in [0.29, 0.717) is 16.5 Å². The second-order valence-electron chi connectivity index (χ2n) is 5.03. The van der Waals surface area contributed by atoms with Crippen molar-refractivity contribution in [1.82, 2.24) is 19.9 Å². The molecule has 2 amide bonds. The monoisotopic (exact) mass is 359 g/mol. The van der Waals surface area contributed by atoms with Crippen molar-refractivity contribution in [3.05, 3.63) is 54.5 Å². The molecular weight excluding hydrogens is 345 g/mol. The number of nitrogens with one attached hydrogen (secondary N) is 2. The van der Waals surface area contributed by atoms with Crippen LogP contribution in [0.1, 0.15) is 0 Å². The quantitative estimate of drug-likeness (QED) is 0.654. The average Bonchev–Trinajstić information content (AvgIpc) is 3.03. The number of carbonyl (C=O) groups is 2. The predicted molar refractivity (Wildman–Crippen MR) is 91.8 cm³/mol. The van der Waals surface area contributed by atoms with Gasteiger partial charge in [0.1, 0.15) is 5.82 Å². The zero-order chi connectivity index (χ0) is 17.6. The van der Waals surface area contributed by atoms with Crippen LogP contribution in [0.3, 0.4) is 0 Å². The zero-order valence-corrected chi connectivity index (χ0v) is 13.8. The summed E-state index contributed by atoms with van der Waals surface area (Å²) in [6.45, 7) is -0.169. The molecule has 0 saturated carbocycles. The molecular formula is C16H14FN5O2S. The molecule has 2 aromatic heterocycles. The molecule has 2 heterocycles. The number of benzene rings is 1. The van der Waals surface area contributed by atoms with Crippen molar-refractivity contribution in [2.24, 2.45) is 0 Å². The third kappa shape index (κ3) is 4.54. The Kier molecular flexibility index (Phi) is 5.24. The number of carbonyl (C=O) groups excluding carboxylic acids is 2. The van der Waals surface area contributed by atoms with Gasteiger partial charge in [0.05, 0.1) is 12.3 Å². The zero-order valence-electron chi connectivity index (χ0n) is 13.0. The van der Waals surface area contributed by atoms with Crippen molar-refractivity contribution in [2.45, 2.75) is 5.16 Å². The summed E-state index contributed by atoms with van der Waals surface area (Å²) in [4.78, 5) is 23.6. The molecule has 0 aliphatic rings. The van der Waals surface area contributed by atoms with Gasteiger partial charge in [-0.2, -0.15) is 0 Å². The first-order chi connectivity index (χ1) is 12.1. The van der Waals surface area contributed by atoms with Crippen molar-refractivity contribution in [2.75, 3.05) is 17.6 Å².